The molecule has 1 aromatic heterocycles. The van der Waals surface area contributed by atoms with Crippen LogP contribution in [0.25, 0.3) is 0 Å². The van der Waals surface area contributed by atoms with Gasteiger partial charge in [0.1, 0.15) is 0 Å². The molecule has 24 heavy (non-hydrogen) atoms. The van der Waals surface area contributed by atoms with Crippen LogP contribution < -0.4 is 5.73 Å². The third-order valence-corrected chi connectivity index (χ3v) is 5.40. The van der Waals surface area contributed by atoms with E-state index >= 15 is 0 Å². The van der Waals surface area contributed by atoms with E-state index in [1.807, 2.05) is 13.8 Å². The monoisotopic (exact) mass is 383 g/mol. The highest BCUT2D eigenvalue weighted by Gasteiger charge is 2.27. The van der Waals surface area contributed by atoms with Crippen LogP contribution in [0.1, 0.15) is 25.6 Å². The number of nitrogens with zero attached hydrogens (tertiary/aromatic N) is 4. The fraction of sp³-hybridized carbons (Fsp3) is 0.846. The quantitative estimate of drug-likeness (QED) is 0.657. The summed E-state index contributed by atoms with van der Waals surface area (Å²) in [5.74, 6) is 1.01. The fourth-order valence-electron chi connectivity index (χ4n) is 2.32. The molecule has 2 rings (SSSR count). The topological polar surface area (TPSA) is 115 Å². The average Bonchev–Trinajstić information content (AvgIpc) is 2.95. The number of hydrogen-bond acceptors (Lipinski definition) is 8. The Kier molecular flexibility index (Phi) is 8.54. The highest BCUT2D eigenvalue weighted by atomic mass is 35.5. The van der Waals surface area contributed by atoms with Crippen molar-refractivity contribution in [2.24, 2.45) is 5.73 Å². The largest absolute Gasteiger partial charge is 0.378 e. The number of hydrogen-bond donors (Lipinski definition) is 1. The summed E-state index contributed by atoms with van der Waals surface area (Å²) < 4.78 is 36.3. The summed E-state index contributed by atoms with van der Waals surface area (Å²) >= 11 is 0. The van der Waals surface area contributed by atoms with Gasteiger partial charge in [-0.1, -0.05) is 5.16 Å². The van der Waals surface area contributed by atoms with Crippen molar-refractivity contribution in [3.05, 3.63) is 11.7 Å². The van der Waals surface area contributed by atoms with Crippen molar-refractivity contribution in [2.75, 3.05) is 38.5 Å². The molecule has 1 aliphatic heterocycles. The summed E-state index contributed by atoms with van der Waals surface area (Å²) in [5.41, 5.74) is 5.43. The Balaban J connectivity index is 0.00000288. The van der Waals surface area contributed by atoms with Gasteiger partial charge in [-0.15, -0.1) is 12.4 Å². The molecule has 0 saturated carbocycles. The number of rotatable bonds is 8. The van der Waals surface area contributed by atoms with Gasteiger partial charge in [-0.25, -0.2) is 8.42 Å². The standard InChI is InChI=1S/C13H25N5O4S.ClH/c1-11(2)21-7-8-23(19,20)18-5-3-17(4-6-18)10-12-15-13(9-14)22-16-12;/h11H,3-10,14H2,1-2H3;1H. The second-order valence-electron chi connectivity index (χ2n) is 5.72. The summed E-state index contributed by atoms with van der Waals surface area (Å²) in [6.07, 6.45) is 0.0374. The smallest absolute Gasteiger partial charge is 0.240 e. The van der Waals surface area contributed by atoms with Crippen molar-refractivity contribution >= 4 is 22.4 Å². The van der Waals surface area contributed by atoms with Crippen molar-refractivity contribution in [1.29, 1.82) is 0 Å². The SMILES string of the molecule is CC(C)OCCS(=O)(=O)N1CCN(Cc2noc(CN)n2)CC1.Cl. The Hall–Kier alpha value is -0.780. The molecule has 140 valence electrons. The molecule has 9 nitrogen and oxygen atoms in total. The lowest BCUT2D eigenvalue weighted by atomic mass is 10.3. The molecule has 1 saturated heterocycles. The minimum atomic E-state index is -3.26. The van der Waals surface area contributed by atoms with E-state index in [1.165, 1.54) is 4.31 Å². The lowest BCUT2D eigenvalue weighted by Crippen LogP contribution is -2.49. The molecule has 1 aliphatic rings. The molecule has 0 radical (unpaired) electrons. The lowest BCUT2D eigenvalue weighted by Gasteiger charge is -2.33. The molecule has 0 aromatic carbocycles. The van der Waals surface area contributed by atoms with E-state index in [9.17, 15) is 8.42 Å². The normalized spacial score (nSPS) is 17.2. The first-order valence-electron chi connectivity index (χ1n) is 7.74. The highest BCUT2D eigenvalue weighted by Crippen LogP contribution is 2.11. The van der Waals surface area contributed by atoms with Gasteiger partial charge in [-0.2, -0.15) is 9.29 Å². The van der Waals surface area contributed by atoms with Crippen LogP contribution in [0.4, 0.5) is 0 Å². The van der Waals surface area contributed by atoms with Crippen LogP contribution in [0.2, 0.25) is 0 Å². The second kappa shape index (κ2) is 9.64. The molecule has 0 aliphatic carbocycles. The van der Waals surface area contributed by atoms with E-state index in [0.717, 1.165) is 0 Å². The zero-order chi connectivity index (χ0) is 16.9. The second-order valence-corrected chi connectivity index (χ2v) is 7.81. The van der Waals surface area contributed by atoms with Gasteiger partial charge < -0.3 is 15.0 Å². The molecule has 2 heterocycles. The van der Waals surface area contributed by atoms with Gasteiger partial charge in [-0.3, -0.25) is 4.90 Å². The molecule has 1 fully saturated rings. The van der Waals surface area contributed by atoms with Crippen LogP contribution in [0.15, 0.2) is 4.52 Å². The number of piperazine rings is 1. The van der Waals surface area contributed by atoms with Crippen LogP contribution in [0.5, 0.6) is 0 Å². The predicted octanol–water partition coefficient (Wildman–Crippen LogP) is -0.177. The minimum absolute atomic E-state index is 0. The summed E-state index contributed by atoms with van der Waals surface area (Å²) in [6.45, 7) is 6.96. The van der Waals surface area contributed by atoms with Gasteiger partial charge in [0, 0.05) is 26.2 Å². The molecule has 1 aromatic rings. The maximum Gasteiger partial charge on any atom is 0.240 e. The molecular formula is C13H26ClN5O4S. The van der Waals surface area contributed by atoms with Gasteiger partial charge in [0.2, 0.25) is 15.9 Å². The first kappa shape index (κ1) is 21.3. The fourth-order valence-corrected chi connectivity index (χ4v) is 3.61. The van der Waals surface area contributed by atoms with E-state index in [1.54, 1.807) is 0 Å². The molecule has 0 atom stereocenters. The van der Waals surface area contributed by atoms with Gasteiger partial charge in [0.15, 0.2) is 5.82 Å². The van der Waals surface area contributed by atoms with Crippen LogP contribution in [0, 0.1) is 0 Å². The van der Waals surface area contributed by atoms with Crippen molar-refractivity contribution in [3.8, 4) is 0 Å². The summed E-state index contributed by atoms with van der Waals surface area (Å²) in [4.78, 5) is 6.25. The molecular weight excluding hydrogens is 358 g/mol. The van der Waals surface area contributed by atoms with Crippen LogP contribution in [0.3, 0.4) is 0 Å². The third kappa shape index (κ3) is 6.26. The maximum absolute atomic E-state index is 12.2. The van der Waals surface area contributed by atoms with E-state index < -0.39 is 10.0 Å². The van der Waals surface area contributed by atoms with Crippen molar-refractivity contribution in [1.82, 2.24) is 19.3 Å². The van der Waals surface area contributed by atoms with Crippen molar-refractivity contribution in [2.45, 2.75) is 33.0 Å². The number of aromatic nitrogens is 2. The predicted molar refractivity (Wildman–Crippen MR) is 91.2 cm³/mol. The molecule has 0 unspecified atom stereocenters. The van der Waals surface area contributed by atoms with Gasteiger partial charge in [0.05, 0.1) is 31.6 Å². The van der Waals surface area contributed by atoms with E-state index in [-0.39, 0.29) is 37.4 Å². The summed E-state index contributed by atoms with van der Waals surface area (Å²) in [6, 6.07) is 0. The molecule has 2 N–H and O–H groups in total. The minimum Gasteiger partial charge on any atom is -0.378 e. The third-order valence-electron chi connectivity index (χ3n) is 3.57. The van der Waals surface area contributed by atoms with Gasteiger partial charge in [0.25, 0.3) is 0 Å². The zero-order valence-electron chi connectivity index (χ0n) is 14.0. The van der Waals surface area contributed by atoms with Crippen molar-refractivity contribution < 1.29 is 17.7 Å². The summed E-state index contributed by atoms with van der Waals surface area (Å²) in [7, 11) is -3.26. The number of ether oxygens (including phenoxy) is 1. The zero-order valence-corrected chi connectivity index (χ0v) is 15.7. The Labute approximate surface area is 149 Å². The van der Waals surface area contributed by atoms with E-state index in [0.29, 0.717) is 44.4 Å². The maximum atomic E-state index is 12.2. The van der Waals surface area contributed by atoms with Gasteiger partial charge in [-0.05, 0) is 13.8 Å². The number of nitrogens with two attached hydrogens (primary N) is 1. The highest BCUT2D eigenvalue weighted by molar-refractivity contribution is 7.89. The first-order chi connectivity index (χ1) is 10.9. The first-order valence-corrected chi connectivity index (χ1v) is 9.35. The Bertz CT molecular complexity index is 587. The Morgan fingerprint density at radius 1 is 1.29 bits per heavy atom. The Morgan fingerprint density at radius 2 is 1.96 bits per heavy atom. The molecule has 0 bridgehead atoms. The molecule has 0 amide bonds. The average molecular weight is 384 g/mol. The molecule has 11 heteroatoms. The van der Waals surface area contributed by atoms with Crippen LogP contribution >= 0.6 is 12.4 Å². The van der Waals surface area contributed by atoms with Crippen LogP contribution in [-0.2, 0) is 27.8 Å². The van der Waals surface area contributed by atoms with E-state index in [4.69, 9.17) is 15.0 Å². The number of halogens is 1. The molecule has 0 spiro atoms. The Morgan fingerprint density at radius 3 is 2.50 bits per heavy atom. The van der Waals surface area contributed by atoms with Crippen LogP contribution in [-0.4, -0.2) is 72.4 Å². The summed E-state index contributed by atoms with van der Waals surface area (Å²) in [5, 5.41) is 3.85. The number of sulfonamides is 1. The van der Waals surface area contributed by atoms with Crippen molar-refractivity contribution in [3.63, 3.8) is 0 Å². The lowest BCUT2D eigenvalue weighted by molar-refractivity contribution is 0.0902. The van der Waals surface area contributed by atoms with Gasteiger partial charge >= 0.3 is 0 Å². The van der Waals surface area contributed by atoms with E-state index in [2.05, 4.69) is 15.0 Å².